The molecule has 1 N–H and O–H groups in total. The summed E-state index contributed by atoms with van der Waals surface area (Å²) < 4.78 is 0. The van der Waals surface area contributed by atoms with Gasteiger partial charge in [-0.1, -0.05) is 13.3 Å². The summed E-state index contributed by atoms with van der Waals surface area (Å²) in [5, 5.41) is 9.03. The Bertz CT molecular complexity index is 277. The Balaban J connectivity index is 1.90. The summed E-state index contributed by atoms with van der Waals surface area (Å²) in [5.41, 5.74) is 0. The normalized spacial score (nSPS) is 34.4. The van der Waals surface area contributed by atoms with Crippen LogP contribution in [0.5, 0.6) is 0 Å². The van der Waals surface area contributed by atoms with Gasteiger partial charge in [-0.25, -0.2) is 0 Å². The fraction of sp³-hybridized carbons (Fsp3) is 0.929. The first-order valence-corrected chi connectivity index (χ1v) is 8.41. The van der Waals surface area contributed by atoms with Crippen LogP contribution in [-0.4, -0.2) is 46.1 Å². The summed E-state index contributed by atoms with van der Waals surface area (Å²) in [6.07, 6.45) is 6.86. The molecule has 2 aliphatic rings. The minimum atomic E-state index is -0.644. The standard InChI is InChI=1S/C14H25NO2S/c1-2-11-3-5-12(6-4-11)15-7-8-18-10-13(15)9-14(16)17/h11-13H,2-10H2,1H3,(H,16,17). The number of carboxylic acid groups (broad SMARTS) is 1. The maximum Gasteiger partial charge on any atom is 0.304 e. The molecule has 0 amide bonds. The van der Waals surface area contributed by atoms with Gasteiger partial charge < -0.3 is 5.11 Å². The minimum absolute atomic E-state index is 0.268. The molecule has 0 bridgehead atoms. The molecule has 18 heavy (non-hydrogen) atoms. The molecular weight excluding hydrogens is 246 g/mol. The largest absolute Gasteiger partial charge is 0.481 e. The highest BCUT2D eigenvalue weighted by atomic mass is 32.2. The van der Waals surface area contributed by atoms with Crippen LogP contribution in [0.3, 0.4) is 0 Å². The number of nitrogens with zero attached hydrogens (tertiary/aromatic N) is 1. The van der Waals surface area contributed by atoms with Crippen LogP contribution in [0.15, 0.2) is 0 Å². The lowest BCUT2D eigenvalue weighted by Crippen LogP contribution is -2.50. The van der Waals surface area contributed by atoms with E-state index in [9.17, 15) is 4.79 Å². The molecule has 1 aliphatic heterocycles. The predicted octanol–water partition coefficient (Wildman–Crippen LogP) is 2.85. The molecule has 0 aromatic heterocycles. The second kappa shape index (κ2) is 6.80. The van der Waals surface area contributed by atoms with Crippen LogP contribution in [0.1, 0.15) is 45.4 Å². The van der Waals surface area contributed by atoms with Gasteiger partial charge in [-0.15, -0.1) is 0 Å². The van der Waals surface area contributed by atoms with Gasteiger partial charge in [0.1, 0.15) is 0 Å². The highest BCUT2D eigenvalue weighted by molar-refractivity contribution is 7.99. The first-order chi connectivity index (χ1) is 8.70. The van der Waals surface area contributed by atoms with Crippen molar-refractivity contribution in [2.24, 2.45) is 5.92 Å². The molecule has 3 nitrogen and oxygen atoms in total. The first kappa shape index (κ1) is 14.2. The molecule has 1 aliphatic carbocycles. The monoisotopic (exact) mass is 271 g/mol. The molecule has 1 unspecified atom stereocenters. The lowest BCUT2D eigenvalue weighted by atomic mass is 9.83. The Morgan fingerprint density at radius 2 is 2.06 bits per heavy atom. The van der Waals surface area contributed by atoms with Gasteiger partial charge in [0, 0.05) is 30.1 Å². The van der Waals surface area contributed by atoms with Gasteiger partial charge in [0.2, 0.25) is 0 Å². The maximum absolute atomic E-state index is 11.0. The van der Waals surface area contributed by atoms with Crippen molar-refractivity contribution in [3.05, 3.63) is 0 Å². The van der Waals surface area contributed by atoms with Crippen LogP contribution >= 0.6 is 11.8 Å². The van der Waals surface area contributed by atoms with Crippen molar-refractivity contribution in [2.45, 2.75) is 57.5 Å². The van der Waals surface area contributed by atoms with Gasteiger partial charge in [-0.2, -0.15) is 11.8 Å². The zero-order valence-corrected chi connectivity index (χ0v) is 12.1. The number of hydrogen-bond acceptors (Lipinski definition) is 3. The van der Waals surface area contributed by atoms with Crippen LogP contribution in [0, 0.1) is 5.92 Å². The Labute approximate surface area is 114 Å². The van der Waals surface area contributed by atoms with Gasteiger partial charge in [0.25, 0.3) is 0 Å². The quantitative estimate of drug-likeness (QED) is 0.853. The van der Waals surface area contributed by atoms with Gasteiger partial charge in [-0.05, 0) is 31.6 Å². The fourth-order valence-electron chi connectivity index (χ4n) is 3.41. The smallest absolute Gasteiger partial charge is 0.304 e. The Morgan fingerprint density at radius 3 is 2.67 bits per heavy atom. The van der Waals surface area contributed by atoms with E-state index in [0.717, 1.165) is 18.2 Å². The zero-order chi connectivity index (χ0) is 13.0. The summed E-state index contributed by atoms with van der Waals surface area (Å²) in [4.78, 5) is 13.5. The molecule has 4 heteroatoms. The summed E-state index contributed by atoms with van der Waals surface area (Å²) in [5.74, 6) is 2.44. The minimum Gasteiger partial charge on any atom is -0.481 e. The molecule has 0 aromatic carbocycles. The SMILES string of the molecule is CCC1CCC(N2CCSCC2CC(=O)O)CC1. The molecule has 1 saturated carbocycles. The van der Waals surface area contributed by atoms with E-state index in [-0.39, 0.29) is 6.04 Å². The highest BCUT2D eigenvalue weighted by Gasteiger charge is 2.32. The second-order valence-electron chi connectivity index (χ2n) is 5.65. The summed E-state index contributed by atoms with van der Waals surface area (Å²) >= 11 is 1.91. The van der Waals surface area contributed by atoms with Crippen LogP contribution in [-0.2, 0) is 4.79 Å². The highest BCUT2D eigenvalue weighted by Crippen LogP contribution is 2.32. The summed E-state index contributed by atoms with van der Waals surface area (Å²) in [6, 6.07) is 0.919. The zero-order valence-electron chi connectivity index (χ0n) is 11.3. The number of carboxylic acids is 1. The molecule has 0 aromatic rings. The van der Waals surface area contributed by atoms with Crippen molar-refractivity contribution >= 4 is 17.7 Å². The van der Waals surface area contributed by atoms with Gasteiger partial charge in [0.15, 0.2) is 0 Å². The van der Waals surface area contributed by atoms with Crippen LogP contribution in [0.2, 0.25) is 0 Å². The van der Waals surface area contributed by atoms with Crippen molar-refractivity contribution in [2.75, 3.05) is 18.1 Å². The molecule has 1 atom stereocenters. The van der Waals surface area contributed by atoms with E-state index < -0.39 is 5.97 Å². The summed E-state index contributed by atoms with van der Waals surface area (Å²) in [6.45, 7) is 3.37. The van der Waals surface area contributed by atoms with Crippen molar-refractivity contribution in [1.29, 1.82) is 0 Å². The molecule has 104 valence electrons. The average Bonchev–Trinajstić information content (AvgIpc) is 2.39. The third-order valence-electron chi connectivity index (χ3n) is 4.55. The van der Waals surface area contributed by atoms with E-state index in [1.165, 1.54) is 37.9 Å². The van der Waals surface area contributed by atoms with E-state index in [1.807, 2.05) is 11.8 Å². The Morgan fingerprint density at radius 1 is 1.33 bits per heavy atom. The van der Waals surface area contributed by atoms with E-state index in [0.29, 0.717) is 12.5 Å². The van der Waals surface area contributed by atoms with Crippen LogP contribution < -0.4 is 0 Å². The molecule has 1 saturated heterocycles. The number of thioether (sulfide) groups is 1. The van der Waals surface area contributed by atoms with E-state index in [4.69, 9.17) is 5.11 Å². The number of carbonyl (C=O) groups is 1. The third kappa shape index (κ3) is 3.64. The maximum atomic E-state index is 11.0. The first-order valence-electron chi connectivity index (χ1n) is 7.26. The van der Waals surface area contributed by atoms with Crippen molar-refractivity contribution in [3.8, 4) is 0 Å². The van der Waals surface area contributed by atoms with Crippen LogP contribution in [0.25, 0.3) is 0 Å². The van der Waals surface area contributed by atoms with Crippen molar-refractivity contribution < 1.29 is 9.90 Å². The molecular formula is C14H25NO2S. The van der Waals surface area contributed by atoms with Gasteiger partial charge >= 0.3 is 5.97 Å². The Hall–Kier alpha value is -0.220. The Kier molecular flexibility index (Phi) is 5.37. The van der Waals surface area contributed by atoms with Crippen molar-refractivity contribution in [1.82, 2.24) is 4.90 Å². The molecule has 2 fully saturated rings. The number of aliphatic carboxylic acids is 1. The lowest BCUT2D eigenvalue weighted by molar-refractivity contribution is -0.138. The predicted molar refractivity (Wildman–Crippen MR) is 76.1 cm³/mol. The van der Waals surface area contributed by atoms with Gasteiger partial charge in [0.05, 0.1) is 6.42 Å². The summed E-state index contributed by atoms with van der Waals surface area (Å²) in [7, 11) is 0. The number of rotatable bonds is 4. The number of hydrogen-bond donors (Lipinski definition) is 1. The van der Waals surface area contributed by atoms with Crippen molar-refractivity contribution in [3.63, 3.8) is 0 Å². The topological polar surface area (TPSA) is 40.5 Å². The second-order valence-corrected chi connectivity index (χ2v) is 6.80. The van der Waals surface area contributed by atoms with E-state index in [1.54, 1.807) is 0 Å². The lowest BCUT2D eigenvalue weighted by Gasteiger charge is -2.43. The fourth-order valence-corrected chi connectivity index (χ4v) is 4.50. The molecule has 2 rings (SSSR count). The molecule has 0 spiro atoms. The molecule has 0 radical (unpaired) electrons. The molecule has 1 heterocycles. The third-order valence-corrected chi connectivity index (χ3v) is 5.64. The van der Waals surface area contributed by atoms with Gasteiger partial charge in [-0.3, -0.25) is 9.69 Å². The van der Waals surface area contributed by atoms with E-state index in [2.05, 4.69) is 11.8 Å². The van der Waals surface area contributed by atoms with Crippen LogP contribution in [0.4, 0.5) is 0 Å². The average molecular weight is 271 g/mol. The van der Waals surface area contributed by atoms with E-state index >= 15 is 0 Å².